The Morgan fingerprint density at radius 3 is 2.59 bits per heavy atom. The SMILES string of the molecule is CCc1cnc(CNC(=NC)NCCCS(=O)(=O)Cc2ccccc2)s1.I. The molecule has 2 N–H and O–H groups in total. The molecule has 0 aliphatic rings. The number of hydrogen-bond acceptors (Lipinski definition) is 5. The monoisotopic (exact) mass is 522 g/mol. The number of aliphatic imine (C=N–C) groups is 1. The summed E-state index contributed by atoms with van der Waals surface area (Å²) in [7, 11) is -1.41. The van der Waals surface area contributed by atoms with Gasteiger partial charge < -0.3 is 10.6 Å². The van der Waals surface area contributed by atoms with E-state index in [1.807, 2.05) is 36.5 Å². The molecule has 0 spiro atoms. The molecule has 0 atom stereocenters. The van der Waals surface area contributed by atoms with Crippen molar-refractivity contribution >= 4 is 51.1 Å². The van der Waals surface area contributed by atoms with Crippen molar-refractivity contribution in [3.05, 3.63) is 52.0 Å². The lowest BCUT2D eigenvalue weighted by molar-refractivity contribution is 0.591. The minimum Gasteiger partial charge on any atom is -0.356 e. The highest BCUT2D eigenvalue weighted by Crippen LogP contribution is 2.12. The Labute approximate surface area is 182 Å². The van der Waals surface area contributed by atoms with E-state index >= 15 is 0 Å². The Morgan fingerprint density at radius 2 is 1.96 bits per heavy atom. The van der Waals surface area contributed by atoms with Crippen LogP contribution >= 0.6 is 35.3 Å². The standard InChI is InChI=1S/C18H26N4O2S2.HI/c1-3-16-12-21-17(25-16)13-22-18(19-2)20-10-7-11-26(23,24)14-15-8-5-4-6-9-15;/h4-6,8-9,12H,3,7,10-11,13-14H2,1-2H3,(H2,19,20,22);1H. The summed E-state index contributed by atoms with van der Waals surface area (Å²) in [6, 6.07) is 9.27. The topological polar surface area (TPSA) is 83.4 Å². The van der Waals surface area contributed by atoms with Crippen molar-refractivity contribution < 1.29 is 8.42 Å². The largest absolute Gasteiger partial charge is 0.356 e. The number of hydrogen-bond donors (Lipinski definition) is 2. The molecule has 0 saturated carbocycles. The maximum atomic E-state index is 12.2. The summed E-state index contributed by atoms with van der Waals surface area (Å²) in [6.07, 6.45) is 3.42. The van der Waals surface area contributed by atoms with Crippen molar-refractivity contribution in [2.75, 3.05) is 19.3 Å². The molecular weight excluding hydrogens is 495 g/mol. The predicted octanol–water partition coefficient (Wildman–Crippen LogP) is 2.99. The van der Waals surface area contributed by atoms with Crippen molar-refractivity contribution in [2.45, 2.75) is 32.1 Å². The molecule has 2 rings (SSSR count). The van der Waals surface area contributed by atoms with E-state index in [4.69, 9.17) is 0 Å². The van der Waals surface area contributed by atoms with Crippen LogP contribution in [-0.4, -0.2) is 38.7 Å². The van der Waals surface area contributed by atoms with Crippen LogP contribution in [0.5, 0.6) is 0 Å². The molecule has 0 saturated heterocycles. The van der Waals surface area contributed by atoms with Gasteiger partial charge in [-0.25, -0.2) is 13.4 Å². The van der Waals surface area contributed by atoms with E-state index < -0.39 is 9.84 Å². The number of thiazole rings is 1. The number of halogens is 1. The third-order valence-corrected chi connectivity index (χ3v) is 6.56. The van der Waals surface area contributed by atoms with Crippen LogP contribution < -0.4 is 10.6 Å². The van der Waals surface area contributed by atoms with E-state index in [-0.39, 0.29) is 35.5 Å². The van der Waals surface area contributed by atoms with Crippen LogP contribution in [0, 0.1) is 0 Å². The molecule has 0 radical (unpaired) electrons. The Morgan fingerprint density at radius 1 is 1.22 bits per heavy atom. The van der Waals surface area contributed by atoms with Crippen LogP contribution in [0.25, 0.3) is 0 Å². The van der Waals surface area contributed by atoms with Gasteiger partial charge in [-0.2, -0.15) is 0 Å². The second kappa shape index (κ2) is 12.3. The van der Waals surface area contributed by atoms with Gasteiger partial charge in [-0.15, -0.1) is 35.3 Å². The number of nitrogens with one attached hydrogen (secondary N) is 2. The summed E-state index contributed by atoms with van der Waals surface area (Å²) in [5.74, 6) is 0.891. The van der Waals surface area contributed by atoms with Crippen LogP contribution in [0.1, 0.15) is 28.8 Å². The van der Waals surface area contributed by atoms with Gasteiger partial charge in [-0.05, 0) is 18.4 Å². The lowest BCUT2D eigenvalue weighted by Crippen LogP contribution is -2.37. The maximum Gasteiger partial charge on any atom is 0.191 e. The van der Waals surface area contributed by atoms with E-state index in [0.29, 0.717) is 25.5 Å². The third-order valence-electron chi connectivity index (χ3n) is 3.73. The molecule has 0 bridgehead atoms. The van der Waals surface area contributed by atoms with Gasteiger partial charge >= 0.3 is 0 Å². The van der Waals surface area contributed by atoms with E-state index in [1.165, 1.54) is 4.88 Å². The number of aryl methyl sites for hydroxylation is 1. The third kappa shape index (κ3) is 9.02. The molecule has 6 nitrogen and oxygen atoms in total. The Bertz CT molecular complexity index is 808. The van der Waals surface area contributed by atoms with E-state index in [2.05, 4.69) is 27.5 Å². The highest BCUT2D eigenvalue weighted by Gasteiger charge is 2.11. The minimum atomic E-state index is -3.10. The number of nitrogens with zero attached hydrogens (tertiary/aromatic N) is 2. The number of guanidine groups is 1. The van der Waals surface area contributed by atoms with Gasteiger partial charge in [0.2, 0.25) is 0 Å². The van der Waals surface area contributed by atoms with Crippen LogP contribution in [0.4, 0.5) is 0 Å². The smallest absolute Gasteiger partial charge is 0.191 e. The van der Waals surface area contributed by atoms with Crippen LogP contribution in [0.2, 0.25) is 0 Å². The number of benzene rings is 1. The molecular formula is C18H27IN4O2S2. The first-order valence-electron chi connectivity index (χ1n) is 8.65. The first-order chi connectivity index (χ1) is 12.5. The van der Waals surface area contributed by atoms with Gasteiger partial charge in [-0.1, -0.05) is 37.3 Å². The molecule has 1 aromatic heterocycles. The summed E-state index contributed by atoms with van der Waals surface area (Å²) >= 11 is 1.68. The zero-order valence-electron chi connectivity index (χ0n) is 15.6. The van der Waals surface area contributed by atoms with Crippen molar-refractivity contribution in [3.8, 4) is 0 Å². The number of aromatic nitrogens is 1. The van der Waals surface area contributed by atoms with Crippen LogP contribution in [0.3, 0.4) is 0 Å². The number of sulfone groups is 1. The molecule has 27 heavy (non-hydrogen) atoms. The van der Waals surface area contributed by atoms with Gasteiger partial charge in [-0.3, -0.25) is 4.99 Å². The van der Waals surface area contributed by atoms with Crippen LogP contribution in [0.15, 0.2) is 41.5 Å². The Kier molecular flexibility index (Phi) is 10.9. The zero-order valence-corrected chi connectivity index (χ0v) is 19.6. The van der Waals surface area contributed by atoms with Crippen molar-refractivity contribution in [2.24, 2.45) is 4.99 Å². The maximum absolute atomic E-state index is 12.2. The summed E-state index contributed by atoms with van der Waals surface area (Å²) < 4.78 is 24.4. The molecule has 0 amide bonds. The molecule has 1 heterocycles. The fourth-order valence-electron chi connectivity index (χ4n) is 2.37. The molecule has 0 unspecified atom stereocenters. The first-order valence-corrected chi connectivity index (χ1v) is 11.3. The van der Waals surface area contributed by atoms with E-state index in [0.717, 1.165) is 17.0 Å². The van der Waals surface area contributed by atoms with Gasteiger partial charge in [0.1, 0.15) is 5.01 Å². The second-order valence-corrected chi connectivity index (χ2v) is 9.24. The molecule has 0 fully saturated rings. The highest BCUT2D eigenvalue weighted by molar-refractivity contribution is 14.0. The van der Waals surface area contributed by atoms with Crippen molar-refractivity contribution in [1.82, 2.24) is 15.6 Å². The van der Waals surface area contributed by atoms with E-state index in [1.54, 1.807) is 18.4 Å². The predicted molar refractivity (Wildman–Crippen MR) is 124 cm³/mol. The van der Waals surface area contributed by atoms with Gasteiger partial charge in [0, 0.05) is 24.7 Å². The van der Waals surface area contributed by atoms with Gasteiger partial charge in [0.05, 0.1) is 18.1 Å². The first kappa shape index (κ1) is 23.8. The summed E-state index contributed by atoms with van der Waals surface area (Å²) in [5, 5.41) is 7.36. The summed E-state index contributed by atoms with van der Waals surface area (Å²) in [5.41, 5.74) is 0.827. The van der Waals surface area contributed by atoms with E-state index in [9.17, 15) is 8.42 Å². The fourth-order valence-corrected chi connectivity index (χ4v) is 4.60. The highest BCUT2D eigenvalue weighted by atomic mass is 127. The summed E-state index contributed by atoms with van der Waals surface area (Å²) in [4.78, 5) is 9.77. The average molecular weight is 522 g/mol. The number of rotatable bonds is 9. The van der Waals surface area contributed by atoms with Crippen LogP contribution in [-0.2, 0) is 28.6 Å². The second-order valence-electron chi connectivity index (χ2n) is 5.86. The molecule has 2 aromatic rings. The lowest BCUT2D eigenvalue weighted by Gasteiger charge is -2.11. The quantitative estimate of drug-likeness (QED) is 0.229. The molecule has 150 valence electrons. The van der Waals surface area contributed by atoms with Gasteiger partial charge in [0.15, 0.2) is 15.8 Å². The molecule has 0 aliphatic carbocycles. The molecule has 1 aromatic carbocycles. The Balaban J connectivity index is 0.00000364. The van der Waals surface area contributed by atoms with Crippen molar-refractivity contribution in [3.63, 3.8) is 0 Å². The minimum absolute atomic E-state index is 0. The van der Waals surface area contributed by atoms with Gasteiger partial charge in [0.25, 0.3) is 0 Å². The Hall–Kier alpha value is -1.20. The molecule has 0 aliphatic heterocycles. The van der Waals surface area contributed by atoms with Crippen molar-refractivity contribution in [1.29, 1.82) is 0 Å². The molecule has 9 heteroatoms. The average Bonchev–Trinajstić information content (AvgIpc) is 3.09. The summed E-state index contributed by atoms with van der Waals surface area (Å²) in [6.45, 7) is 3.26. The fraction of sp³-hybridized carbons (Fsp3) is 0.444. The zero-order chi connectivity index (χ0) is 18.8. The normalized spacial score (nSPS) is 11.7. The lowest BCUT2D eigenvalue weighted by atomic mass is 10.2.